The predicted octanol–water partition coefficient (Wildman–Crippen LogP) is 3.45. The second-order valence-corrected chi connectivity index (χ2v) is 6.98. The van der Waals surface area contributed by atoms with Crippen LogP contribution in [0.3, 0.4) is 0 Å². The Morgan fingerprint density at radius 1 is 0.885 bits per heavy atom. The number of hydrogen-bond acceptors (Lipinski definition) is 5. The molecule has 1 aromatic carbocycles. The summed E-state index contributed by atoms with van der Waals surface area (Å²) in [5.74, 6) is 0.453. The minimum atomic E-state index is -0.00611. The Morgan fingerprint density at radius 3 is 2.31 bits per heavy atom. The lowest BCUT2D eigenvalue weighted by molar-refractivity contribution is 0.0787. The fourth-order valence-electron chi connectivity index (χ4n) is 3.66. The summed E-state index contributed by atoms with van der Waals surface area (Å²) in [6.45, 7) is 3.92. The number of hydrogen-bond donors (Lipinski definition) is 1. The number of nitrogens with zero attached hydrogens (tertiary/aromatic N) is 4. The summed E-state index contributed by atoms with van der Waals surface area (Å²) < 4.78 is 0. The van der Waals surface area contributed by atoms with Crippen LogP contribution in [0.1, 0.15) is 42.6 Å². The van der Waals surface area contributed by atoms with Gasteiger partial charge in [0.2, 0.25) is 5.95 Å². The molecular weight excluding hydrogens is 326 g/mol. The zero-order valence-electron chi connectivity index (χ0n) is 15.0. The molecule has 0 aliphatic carbocycles. The molecule has 1 aromatic heterocycles. The van der Waals surface area contributed by atoms with E-state index in [4.69, 9.17) is 0 Å². The molecule has 6 nitrogen and oxygen atoms in total. The van der Waals surface area contributed by atoms with Crippen molar-refractivity contribution in [2.24, 2.45) is 0 Å². The first kappa shape index (κ1) is 16.8. The molecule has 0 unspecified atom stereocenters. The summed E-state index contributed by atoms with van der Waals surface area (Å²) in [6.07, 6.45) is 7.66. The quantitative estimate of drug-likeness (QED) is 0.914. The van der Waals surface area contributed by atoms with Gasteiger partial charge in [-0.3, -0.25) is 4.79 Å². The van der Waals surface area contributed by atoms with Gasteiger partial charge in [0.25, 0.3) is 5.91 Å². The van der Waals surface area contributed by atoms with Crippen LogP contribution in [0.25, 0.3) is 0 Å². The van der Waals surface area contributed by atoms with Crippen molar-refractivity contribution in [1.82, 2.24) is 14.9 Å². The SMILES string of the molecule is O=C(c1ccnc(Nc2ccc(N3CCCCC3)cc2)n1)N1CCCC1. The Labute approximate surface area is 154 Å². The van der Waals surface area contributed by atoms with E-state index >= 15 is 0 Å². The van der Waals surface area contributed by atoms with Crippen molar-refractivity contribution in [2.45, 2.75) is 32.1 Å². The van der Waals surface area contributed by atoms with Gasteiger partial charge in [0.15, 0.2) is 0 Å². The molecule has 26 heavy (non-hydrogen) atoms. The Balaban J connectivity index is 1.43. The summed E-state index contributed by atoms with van der Waals surface area (Å²) in [4.78, 5) is 25.4. The van der Waals surface area contributed by atoms with Gasteiger partial charge in [-0.1, -0.05) is 0 Å². The van der Waals surface area contributed by atoms with Crippen LogP contribution in [0, 0.1) is 0 Å². The van der Waals surface area contributed by atoms with E-state index < -0.39 is 0 Å². The second-order valence-electron chi connectivity index (χ2n) is 6.98. The maximum absolute atomic E-state index is 12.5. The summed E-state index contributed by atoms with van der Waals surface area (Å²) in [5.41, 5.74) is 2.64. The molecule has 136 valence electrons. The highest BCUT2D eigenvalue weighted by Crippen LogP contribution is 2.23. The van der Waals surface area contributed by atoms with Gasteiger partial charge in [-0.05, 0) is 62.4 Å². The van der Waals surface area contributed by atoms with Gasteiger partial charge >= 0.3 is 0 Å². The number of nitrogens with one attached hydrogen (secondary N) is 1. The standard InChI is InChI=1S/C20H25N5O/c26-19(25-14-4-5-15-25)18-10-11-21-20(23-18)22-16-6-8-17(9-7-16)24-12-2-1-3-13-24/h6-11H,1-5,12-15H2,(H,21,22,23). The van der Waals surface area contributed by atoms with Crippen molar-refractivity contribution in [1.29, 1.82) is 0 Å². The van der Waals surface area contributed by atoms with E-state index in [0.29, 0.717) is 11.6 Å². The van der Waals surface area contributed by atoms with E-state index in [1.54, 1.807) is 12.3 Å². The first-order chi connectivity index (χ1) is 12.8. The molecule has 2 aliphatic heterocycles. The second kappa shape index (κ2) is 7.72. The highest BCUT2D eigenvalue weighted by molar-refractivity contribution is 5.92. The molecule has 1 N–H and O–H groups in total. The van der Waals surface area contributed by atoms with E-state index in [9.17, 15) is 4.79 Å². The van der Waals surface area contributed by atoms with Crippen LogP contribution in [0.2, 0.25) is 0 Å². The zero-order valence-corrected chi connectivity index (χ0v) is 15.0. The summed E-state index contributed by atoms with van der Waals surface area (Å²) >= 11 is 0. The van der Waals surface area contributed by atoms with Crippen molar-refractivity contribution >= 4 is 23.2 Å². The third-order valence-corrected chi connectivity index (χ3v) is 5.11. The van der Waals surface area contributed by atoms with Gasteiger partial charge in [0.05, 0.1) is 0 Å². The van der Waals surface area contributed by atoms with Gasteiger partial charge in [-0.2, -0.15) is 0 Å². The lowest BCUT2D eigenvalue weighted by Crippen LogP contribution is -2.29. The average Bonchev–Trinajstić information content (AvgIpc) is 3.24. The zero-order chi connectivity index (χ0) is 17.8. The Bertz CT molecular complexity index is 749. The molecule has 2 aliphatic rings. The number of anilines is 3. The minimum absolute atomic E-state index is 0.00611. The number of benzene rings is 1. The third kappa shape index (κ3) is 3.79. The molecular formula is C20H25N5O. The van der Waals surface area contributed by atoms with E-state index in [1.807, 2.05) is 17.0 Å². The molecule has 0 saturated carbocycles. The van der Waals surface area contributed by atoms with Crippen LogP contribution in [-0.4, -0.2) is 47.0 Å². The van der Waals surface area contributed by atoms with E-state index in [0.717, 1.165) is 44.7 Å². The first-order valence-corrected chi connectivity index (χ1v) is 9.54. The van der Waals surface area contributed by atoms with Gasteiger partial charge in [0.1, 0.15) is 5.69 Å². The van der Waals surface area contributed by atoms with Crippen molar-refractivity contribution in [3.63, 3.8) is 0 Å². The molecule has 4 rings (SSSR count). The molecule has 0 spiro atoms. The molecule has 1 amide bonds. The van der Waals surface area contributed by atoms with Crippen molar-refractivity contribution in [3.05, 3.63) is 42.2 Å². The van der Waals surface area contributed by atoms with E-state index in [2.05, 4.69) is 32.3 Å². The Hall–Kier alpha value is -2.63. The van der Waals surface area contributed by atoms with Crippen LogP contribution in [0.4, 0.5) is 17.3 Å². The van der Waals surface area contributed by atoms with E-state index in [-0.39, 0.29) is 5.91 Å². The smallest absolute Gasteiger partial charge is 0.272 e. The summed E-state index contributed by atoms with van der Waals surface area (Å²) in [6, 6.07) is 10.0. The lowest BCUT2D eigenvalue weighted by Gasteiger charge is -2.28. The monoisotopic (exact) mass is 351 g/mol. The number of likely N-dealkylation sites (tertiary alicyclic amines) is 1. The summed E-state index contributed by atoms with van der Waals surface area (Å²) in [5, 5.41) is 3.21. The van der Waals surface area contributed by atoms with Crippen LogP contribution >= 0.6 is 0 Å². The molecule has 3 heterocycles. The molecule has 2 aromatic rings. The number of aromatic nitrogens is 2. The number of carbonyl (C=O) groups excluding carboxylic acids is 1. The number of rotatable bonds is 4. The topological polar surface area (TPSA) is 61.4 Å². The van der Waals surface area contributed by atoms with Crippen LogP contribution in [-0.2, 0) is 0 Å². The molecule has 2 fully saturated rings. The molecule has 0 atom stereocenters. The van der Waals surface area contributed by atoms with Crippen molar-refractivity contribution < 1.29 is 4.79 Å². The third-order valence-electron chi connectivity index (χ3n) is 5.11. The number of amides is 1. The fourth-order valence-corrected chi connectivity index (χ4v) is 3.66. The van der Waals surface area contributed by atoms with Crippen LogP contribution < -0.4 is 10.2 Å². The van der Waals surface area contributed by atoms with Crippen molar-refractivity contribution in [3.8, 4) is 0 Å². The van der Waals surface area contributed by atoms with Gasteiger partial charge in [0, 0.05) is 43.8 Å². The molecule has 0 radical (unpaired) electrons. The normalized spacial score (nSPS) is 17.4. The highest BCUT2D eigenvalue weighted by Gasteiger charge is 2.21. The predicted molar refractivity (Wildman–Crippen MR) is 103 cm³/mol. The Kier molecular flexibility index (Phi) is 5.00. The summed E-state index contributed by atoms with van der Waals surface area (Å²) in [7, 11) is 0. The molecule has 0 bridgehead atoms. The van der Waals surface area contributed by atoms with E-state index in [1.165, 1.54) is 24.9 Å². The van der Waals surface area contributed by atoms with Gasteiger partial charge in [-0.15, -0.1) is 0 Å². The fraction of sp³-hybridized carbons (Fsp3) is 0.450. The number of piperidine rings is 1. The van der Waals surface area contributed by atoms with Gasteiger partial charge < -0.3 is 15.1 Å². The largest absolute Gasteiger partial charge is 0.372 e. The van der Waals surface area contributed by atoms with Crippen LogP contribution in [0.5, 0.6) is 0 Å². The maximum Gasteiger partial charge on any atom is 0.272 e. The first-order valence-electron chi connectivity index (χ1n) is 9.54. The maximum atomic E-state index is 12.5. The van der Waals surface area contributed by atoms with Crippen LogP contribution in [0.15, 0.2) is 36.5 Å². The molecule has 6 heteroatoms. The van der Waals surface area contributed by atoms with Crippen molar-refractivity contribution in [2.75, 3.05) is 36.4 Å². The lowest BCUT2D eigenvalue weighted by atomic mass is 10.1. The highest BCUT2D eigenvalue weighted by atomic mass is 16.2. The average molecular weight is 351 g/mol. The van der Waals surface area contributed by atoms with Gasteiger partial charge in [-0.25, -0.2) is 9.97 Å². The number of carbonyl (C=O) groups is 1. The molecule has 2 saturated heterocycles. The minimum Gasteiger partial charge on any atom is -0.372 e. The Morgan fingerprint density at radius 2 is 1.58 bits per heavy atom.